The molecule has 6 heteroatoms. The van der Waals surface area contributed by atoms with Crippen molar-refractivity contribution in [3.63, 3.8) is 0 Å². The zero-order chi connectivity index (χ0) is 15.4. The molecule has 0 aromatic carbocycles. The van der Waals surface area contributed by atoms with Gasteiger partial charge in [0.25, 0.3) is 5.91 Å². The van der Waals surface area contributed by atoms with Gasteiger partial charge in [-0.3, -0.25) is 14.7 Å². The summed E-state index contributed by atoms with van der Waals surface area (Å²) in [6, 6.07) is 1.81. The van der Waals surface area contributed by atoms with Gasteiger partial charge in [0.05, 0.1) is 0 Å². The zero-order valence-corrected chi connectivity index (χ0v) is 12.6. The van der Waals surface area contributed by atoms with Crippen molar-refractivity contribution in [1.82, 2.24) is 15.1 Å². The summed E-state index contributed by atoms with van der Waals surface area (Å²) >= 11 is 0. The Labute approximate surface area is 124 Å². The molecule has 2 N–H and O–H groups in total. The van der Waals surface area contributed by atoms with Gasteiger partial charge in [0.1, 0.15) is 5.69 Å². The molecule has 0 saturated carbocycles. The number of hydrogen-bond donors (Lipinski definition) is 2. The average molecular weight is 293 g/mol. The van der Waals surface area contributed by atoms with Gasteiger partial charge < -0.3 is 10.0 Å². The molecule has 6 nitrogen and oxygen atoms in total. The number of piperidine rings is 1. The summed E-state index contributed by atoms with van der Waals surface area (Å²) in [7, 11) is 0. The van der Waals surface area contributed by atoms with E-state index in [2.05, 4.69) is 10.2 Å². The van der Waals surface area contributed by atoms with E-state index in [1.54, 1.807) is 4.90 Å². The molecule has 1 atom stereocenters. The lowest BCUT2D eigenvalue weighted by molar-refractivity contribution is -0.137. The minimum absolute atomic E-state index is 0.0572. The molecule has 2 rings (SSSR count). The largest absolute Gasteiger partial charge is 0.481 e. The van der Waals surface area contributed by atoms with E-state index in [1.165, 1.54) is 0 Å². The summed E-state index contributed by atoms with van der Waals surface area (Å²) in [6.07, 6.45) is 2.73. The first-order valence-electron chi connectivity index (χ1n) is 7.53. The van der Waals surface area contributed by atoms with Gasteiger partial charge in [-0.25, -0.2) is 0 Å². The lowest BCUT2D eigenvalue weighted by atomic mass is 9.93. The molecule has 1 aliphatic heterocycles. The average Bonchev–Trinajstić information content (AvgIpc) is 2.94. The number of carbonyl (C=O) groups is 2. The van der Waals surface area contributed by atoms with Crippen LogP contribution in [0.1, 0.15) is 61.6 Å². The number of rotatable bonds is 5. The predicted molar refractivity (Wildman–Crippen MR) is 78.2 cm³/mol. The van der Waals surface area contributed by atoms with Gasteiger partial charge in [0.2, 0.25) is 0 Å². The highest BCUT2D eigenvalue weighted by Gasteiger charge is 2.26. The van der Waals surface area contributed by atoms with Crippen LogP contribution in [0.15, 0.2) is 6.07 Å². The van der Waals surface area contributed by atoms with Gasteiger partial charge in [-0.05, 0) is 37.2 Å². The molecule has 21 heavy (non-hydrogen) atoms. The summed E-state index contributed by atoms with van der Waals surface area (Å²) in [5, 5.41) is 15.8. The third-order valence-corrected chi connectivity index (χ3v) is 4.01. The second-order valence-corrected chi connectivity index (χ2v) is 6.06. The molecule has 1 aromatic rings. The number of carboxylic acid groups (broad SMARTS) is 1. The molecule has 1 amide bonds. The number of carboxylic acids is 1. The molecule has 1 saturated heterocycles. The number of hydrogen-bond acceptors (Lipinski definition) is 3. The summed E-state index contributed by atoms with van der Waals surface area (Å²) in [5.41, 5.74) is 1.41. The van der Waals surface area contributed by atoms with Crippen molar-refractivity contribution in [3.8, 4) is 0 Å². The third kappa shape index (κ3) is 4.06. The van der Waals surface area contributed by atoms with Crippen LogP contribution in [0.2, 0.25) is 0 Å². The van der Waals surface area contributed by atoms with E-state index >= 15 is 0 Å². The van der Waals surface area contributed by atoms with Crippen LogP contribution in [0.25, 0.3) is 0 Å². The monoisotopic (exact) mass is 293 g/mol. The number of aromatic nitrogens is 2. The van der Waals surface area contributed by atoms with E-state index in [0.717, 1.165) is 25.1 Å². The maximum atomic E-state index is 12.4. The molecule has 0 aliphatic carbocycles. The molecule has 2 heterocycles. The van der Waals surface area contributed by atoms with Crippen molar-refractivity contribution in [1.29, 1.82) is 0 Å². The Balaban J connectivity index is 1.96. The maximum Gasteiger partial charge on any atom is 0.303 e. The Hall–Kier alpha value is -1.85. The molecule has 1 fully saturated rings. The normalized spacial score (nSPS) is 19.0. The number of nitrogens with one attached hydrogen (secondary N) is 1. The van der Waals surface area contributed by atoms with Crippen LogP contribution in [0.5, 0.6) is 0 Å². The molecule has 1 aliphatic rings. The van der Waals surface area contributed by atoms with Crippen molar-refractivity contribution >= 4 is 11.9 Å². The second-order valence-electron chi connectivity index (χ2n) is 6.06. The molecule has 1 aromatic heterocycles. The predicted octanol–water partition coefficient (Wildman–Crippen LogP) is 2.25. The first kappa shape index (κ1) is 15.5. The Bertz CT molecular complexity index is 510. The first-order valence-corrected chi connectivity index (χ1v) is 7.53. The first-order chi connectivity index (χ1) is 9.97. The Morgan fingerprint density at radius 3 is 2.90 bits per heavy atom. The lowest BCUT2D eigenvalue weighted by Crippen LogP contribution is -2.40. The van der Waals surface area contributed by atoms with Crippen LogP contribution in [-0.2, 0) is 4.79 Å². The number of aliphatic carboxylic acids is 1. The number of aromatic amines is 1. The van der Waals surface area contributed by atoms with Crippen LogP contribution in [0, 0.1) is 5.92 Å². The molecular formula is C15H23N3O3. The van der Waals surface area contributed by atoms with Crippen LogP contribution >= 0.6 is 0 Å². The lowest BCUT2D eigenvalue weighted by Gasteiger charge is -2.32. The van der Waals surface area contributed by atoms with Crippen LogP contribution in [-0.4, -0.2) is 45.2 Å². The number of H-pyrrole nitrogens is 1. The summed E-state index contributed by atoms with van der Waals surface area (Å²) in [6.45, 7) is 5.46. The van der Waals surface area contributed by atoms with Crippen molar-refractivity contribution < 1.29 is 14.7 Å². The van der Waals surface area contributed by atoms with Gasteiger partial charge >= 0.3 is 5.97 Å². The SMILES string of the molecule is CC(C)c1cc(C(=O)N2CCCC(CCC(=O)O)C2)n[nH]1. The van der Waals surface area contributed by atoms with E-state index in [-0.39, 0.29) is 18.2 Å². The fraction of sp³-hybridized carbons (Fsp3) is 0.667. The van der Waals surface area contributed by atoms with Gasteiger partial charge in [0, 0.05) is 25.2 Å². The number of carbonyl (C=O) groups excluding carboxylic acids is 1. The Kier molecular flexibility index (Phi) is 4.98. The van der Waals surface area contributed by atoms with Gasteiger partial charge in [-0.15, -0.1) is 0 Å². The van der Waals surface area contributed by atoms with E-state index in [1.807, 2.05) is 19.9 Å². The van der Waals surface area contributed by atoms with Crippen molar-refractivity contribution in [3.05, 3.63) is 17.5 Å². The topological polar surface area (TPSA) is 86.3 Å². The molecular weight excluding hydrogens is 270 g/mol. The second kappa shape index (κ2) is 6.74. The third-order valence-electron chi connectivity index (χ3n) is 4.01. The number of nitrogens with zero attached hydrogens (tertiary/aromatic N) is 2. The maximum absolute atomic E-state index is 12.4. The molecule has 0 radical (unpaired) electrons. The fourth-order valence-corrected chi connectivity index (χ4v) is 2.72. The fourth-order valence-electron chi connectivity index (χ4n) is 2.72. The van der Waals surface area contributed by atoms with Gasteiger partial charge in [-0.2, -0.15) is 5.10 Å². The minimum Gasteiger partial charge on any atom is -0.481 e. The Morgan fingerprint density at radius 2 is 2.29 bits per heavy atom. The highest BCUT2D eigenvalue weighted by atomic mass is 16.4. The van der Waals surface area contributed by atoms with Crippen LogP contribution in [0.4, 0.5) is 0 Å². The molecule has 116 valence electrons. The summed E-state index contributed by atoms with van der Waals surface area (Å²) in [5.74, 6) is -0.239. The minimum atomic E-state index is -0.771. The summed E-state index contributed by atoms with van der Waals surface area (Å²) < 4.78 is 0. The van der Waals surface area contributed by atoms with E-state index in [9.17, 15) is 9.59 Å². The van der Waals surface area contributed by atoms with Gasteiger partial charge in [-0.1, -0.05) is 13.8 Å². The summed E-state index contributed by atoms with van der Waals surface area (Å²) in [4.78, 5) is 24.9. The van der Waals surface area contributed by atoms with Crippen molar-refractivity contribution in [2.45, 2.75) is 45.4 Å². The number of likely N-dealkylation sites (tertiary alicyclic amines) is 1. The molecule has 0 spiro atoms. The van der Waals surface area contributed by atoms with Crippen molar-refractivity contribution in [2.24, 2.45) is 5.92 Å². The van der Waals surface area contributed by atoms with E-state index < -0.39 is 5.97 Å². The molecule has 1 unspecified atom stereocenters. The smallest absolute Gasteiger partial charge is 0.303 e. The number of amides is 1. The highest BCUT2D eigenvalue weighted by Crippen LogP contribution is 2.22. The van der Waals surface area contributed by atoms with E-state index in [4.69, 9.17) is 5.11 Å². The highest BCUT2D eigenvalue weighted by molar-refractivity contribution is 5.92. The van der Waals surface area contributed by atoms with Crippen molar-refractivity contribution in [2.75, 3.05) is 13.1 Å². The zero-order valence-electron chi connectivity index (χ0n) is 12.6. The van der Waals surface area contributed by atoms with Crippen LogP contribution in [0.3, 0.4) is 0 Å². The van der Waals surface area contributed by atoms with E-state index in [0.29, 0.717) is 24.6 Å². The standard InChI is InChI=1S/C15H23N3O3/c1-10(2)12-8-13(17-16-12)15(21)18-7-3-4-11(9-18)5-6-14(19)20/h8,10-11H,3-7,9H2,1-2H3,(H,16,17)(H,19,20). The van der Waals surface area contributed by atoms with Crippen LogP contribution < -0.4 is 0 Å². The quantitative estimate of drug-likeness (QED) is 0.871. The van der Waals surface area contributed by atoms with Gasteiger partial charge in [0.15, 0.2) is 0 Å². The molecule has 0 bridgehead atoms. The Morgan fingerprint density at radius 1 is 1.52 bits per heavy atom.